The van der Waals surface area contributed by atoms with E-state index in [1.54, 1.807) is 0 Å². The summed E-state index contributed by atoms with van der Waals surface area (Å²) in [6.07, 6.45) is 11.1. The van der Waals surface area contributed by atoms with Gasteiger partial charge in [-0.15, -0.1) is 0 Å². The van der Waals surface area contributed by atoms with Crippen LogP contribution in [0.1, 0.15) is 70.6 Å². The van der Waals surface area contributed by atoms with E-state index in [1.165, 1.54) is 38.5 Å². The predicted molar refractivity (Wildman–Crippen MR) is 74.9 cm³/mol. The van der Waals surface area contributed by atoms with Crippen molar-refractivity contribution in [3.05, 3.63) is 0 Å². The number of carboxylic acid groups (broad SMARTS) is 1. The van der Waals surface area contributed by atoms with Crippen molar-refractivity contribution >= 4 is 11.9 Å². The lowest BCUT2D eigenvalue weighted by atomic mass is 10.0. The number of carbonyl (C=O) groups excluding carboxylic acids is 1. The minimum atomic E-state index is -0.785. The Morgan fingerprint density at radius 3 is 2.37 bits per heavy atom. The van der Waals surface area contributed by atoms with Gasteiger partial charge >= 0.3 is 5.97 Å². The van der Waals surface area contributed by atoms with Crippen molar-refractivity contribution < 1.29 is 14.7 Å². The third-order valence-corrected chi connectivity index (χ3v) is 3.88. The first-order valence-electron chi connectivity index (χ1n) is 7.67. The van der Waals surface area contributed by atoms with E-state index in [9.17, 15) is 9.59 Å². The van der Waals surface area contributed by atoms with Crippen LogP contribution in [0.4, 0.5) is 0 Å². The quantitative estimate of drug-likeness (QED) is 0.599. The average Bonchev–Trinajstić information content (AvgIpc) is 2.87. The lowest BCUT2D eigenvalue weighted by Gasteiger charge is -2.08. The van der Waals surface area contributed by atoms with Gasteiger partial charge in [-0.3, -0.25) is 9.59 Å². The lowest BCUT2D eigenvalue weighted by Crippen LogP contribution is -2.24. The van der Waals surface area contributed by atoms with Crippen molar-refractivity contribution in [2.24, 2.45) is 5.92 Å². The Labute approximate surface area is 116 Å². The summed E-state index contributed by atoms with van der Waals surface area (Å²) < 4.78 is 0. The molecule has 1 aliphatic carbocycles. The second kappa shape index (κ2) is 9.82. The highest BCUT2D eigenvalue weighted by molar-refractivity contribution is 5.75. The standard InChI is InChI=1S/C15H27NO3/c17-14(10-3-4-11-15(18)19)16-12-6-5-9-13-7-1-2-8-13/h13H,1-12H2,(H,16,17)(H,18,19). The second-order valence-corrected chi connectivity index (χ2v) is 5.60. The molecule has 0 aliphatic heterocycles. The smallest absolute Gasteiger partial charge is 0.303 e. The molecule has 0 aromatic heterocycles. The molecule has 0 aromatic rings. The van der Waals surface area contributed by atoms with Gasteiger partial charge in [-0.2, -0.15) is 0 Å². The highest BCUT2D eigenvalue weighted by Gasteiger charge is 2.13. The van der Waals surface area contributed by atoms with Crippen molar-refractivity contribution in [1.82, 2.24) is 5.32 Å². The van der Waals surface area contributed by atoms with E-state index < -0.39 is 5.97 Å². The zero-order chi connectivity index (χ0) is 13.9. The Morgan fingerprint density at radius 1 is 1.00 bits per heavy atom. The number of aliphatic carboxylic acids is 1. The van der Waals surface area contributed by atoms with Gasteiger partial charge in [0, 0.05) is 19.4 Å². The van der Waals surface area contributed by atoms with Gasteiger partial charge in [0.2, 0.25) is 5.91 Å². The summed E-state index contributed by atoms with van der Waals surface area (Å²) in [5, 5.41) is 11.4. The normalized spacial score (nSPS) is 15.6. The van der Waals surface area contributed by atoms with Crippen molar-refractivity contribution in [1.29, 1.82) is 0 Å². The van der Waals surface area contributed by atoms with Gasteiger partial charge in [-0.25, -0.2) is 0 Å². The van der Waals surface area contributed by atoms with Gasteiger partial charge in [-0.1, -0.05) is 38.5 Å². The maximum Gasteiger partial charge on any atom is 0.303 e. The van der Waals surface area contributed by atoms with Gasteiger partial charge in [0.05, 0.1) is 0 Å². The number of unbranched alkanes of at least 4 members (excludes halogenated alkanes) is 2. The van der Waals surface area contributed by atoms with Crippen LogP contribution >= 0.6 is 0 Å². The van der Waals surface area contributed by atoms with E-state index in [1.807, 2.05) is 0 Å². The van der Waals surface area contributed by atoms with E-state index in [2.05, 4.69) is 5.32 Å². The van der Waals surface area contributed by atoms with Crippen LogP contribution in [0, 0.1) is 5.92 Å². The van der Waals surface area contributed by atoms with Crippen LogP contribution < -0.4 is 5.32 Å². The van der Waals surface area contributed by atoms with Crippen LogP contribution in [0.15, 0.2) is 0 Å². The van der Waals surface area contributed by atoms with Crippen LogP contribution in [0.3, 0.4) is 0 Å². The number of carbonyl (C=O) groups is 2. The Morgan fingerprint density at radius 2 is 1.68 bits per heavy atom. The van der Waals surface area contributed by atoms with Crippen LogP contribution in [-0.2, 0) is 9.59 Å². The lowest BCUT2D eigenvalue weighted by molar-refractivity contribution is -0.137. The zero-order valence-electron chi connectivity index (χ0n) is 11.8. The van der Waals surface area contributed by atoms with Crippen LogP contribution in [0.2, 0.25) is 0 Å². The Hall–Kier alpha value is -1.06. The molecule has 0 unspecified atom stereocenters. The van der Waals surface area contributed by atoms with Crippen molar-refractivity contribution in [3.63, 3.8) is 0 Å². The molecule has 2 N–H and O–H groups in total. The maximum absolute atomic E-state index is 11.4. The number of hydrogen-bond donors (Lipinski definition) is 2. The summed E-state index contributed by atoms with van der Waals surface area (Å²) in [4.78, 5) is 21.7. The zero-order valence-corrected chi connectivity index (χ0v) is 11.8. The summed E-state index contributed by atoms with van der Waals surface area (Å²) in [6.45, 7) is 0.768. The fraction of sp³-hybridized carbons (Fsp3) is 0.867. The van der Waals surface area contributed by atoms with Crippen LogP contribution in [-0.4, -0.2) is 23.5 Å². The topological polar surface area (TPSA) is 66.4 Å². The highest BCUT2D eigenvalue weighted by atomic mass is 16.4. The fourth-order valence-electron chi connectivity index (χ4n) is 2.74. The molecular weight excluding hydrogens is 242 g/mol. The molecule has 4 heteroatoms. The number of rotatable bonds is 10. The summed E-state index contributed by atoms with van der Waals surface area (Å²) in [5.74, 6) is 0.213. The SMILES string of the molecule is O=C(O)CCCCC(=O)NCCCCC1CCCC1. The Bertz CT molecular complexity index is 273. The predicted octanol–water partition coefficient (Wildman–Crippen LogP) is 3.11. The maximum atomic E-state index is 11.4. The van der Waals surface area contributed by atoms with E-state index in [0.29, 0.717) is 19.3 Å². The molecule has 0 radical (unpaired) electrons. The highest BCUT2D eigenvalue weighted by Crippen LogP contribution is 2.28. The summed E-state index contributed by atoms with van der Waals surface area (Å²) in [7, 11) is 0. The average molecular weight is 269 g/mol. The van der Waals surface area contributed by atoms with E-state index in [-0.39, 0.29) is 12.3 Å². The first kappa shape index (κ1) is 16.0. The van der Waals surface area contributed by atoms with E-state index in [4.69, 9.17) is 5.11 Å². The Kier molecular flexibility index (Phi) is 8.26. The fourth-order valence-corrected chi connectivity index (χ4v) is 2.74. The van der Waals surface area contributed by atoms with Crippen molar-refractivity contribution in [3.8, 4) is 0 Å². The van der Waals surface area contributed by atoms with Crippen molar-refractivity contribution in [2.45, 2.75) is 70.6 Å². The molecule has 0 atom stereocenters. The molecule has 1 rings (SSSR count). The Balaban J connectivity index is 1.85. The first-order chi connectivity index (χ1) is 9.18. The molecule has 0 aromatic carbocycles. The van der Waals surface area contributed by atoms with Crippen LogP contribution in [0.25, 0.3) is 0 Å². The molecular formula is C15H27NO3. The summed E-state index contributed by atoms with van der Waals surface area (Å²) >= 11 is 0. The molecule has 4 nitrogen and oxygen atoms in total. The van der Waals surface area contributed by atoms with E-state index in [0.717, 1.165) is 18.9 Å². The summed E-state index contributed by atoms with van der Waals surface area (Å²) in [6, 6.07) is 0. The van der Waals surface area contributed by atoms with Gasteiger partial charge in [0.15, 0.2) is 0 Å². The third kappa shape index (κ3) is 8.62. The molecule has 1 amide bonds. The molecule has 0 spiro atoms. The van der Waals surface area contributed by atoms with Gasteiger partial charge in [-0.05, 0) is 25.2 Å². The number of carboxylic acids is 1. The summed E-state index contributed by atoms with van der Waals surface area (Å²) in [5.41, 5.74) is 0. The minimum absolute atomic E-state index is 0.0613. The molecule has 1 aliphatic rings. The van der Waals surface area contributed by atoms with Crippen LogP contribution in [0.5, 0.6) is 0 Å². The molecule has 1 saturated carbocycles. The molecule has 0 bridgehead atoms. The third-order valence-electron chi connectivity index (χ3n) is 3.88. The molecule has 0 saturated heterocycles. The molecule has 19 heavy (non-hydrogen) atoms. The number of nitrogens with one attached hydrogen (secondary N) is 1. The van der Waals surface area contributed by atoms with E-state index >= 15 is 0 Å². The molecule has 110 valence electrons. The monoisotopic (exact) mass is 269 g/mol. The van der Waals surface area contributed by atoms with Crippen molar-refractivity contribution in [2.75, 3.05) is 6.54 Å². The van der Waals surface area contributed by atoms with Gasteiger partial charge in [0.25, 0.3) is 0 Å². The second-order valence-electron chi connectivity index (χ2n) is 5.60. The minimum Gasteiger partial charge on any atom is -0.481 e. The van der Waals surface area contributed by atoms with Gasteiger partial charge in [0.1, 0.15) is 0 Å². The first-order valence-corrected chi connectivity index (χ1v) is 7.67. The largest absolute Gasteiger partial charge is 0.481 e. The molecule has 0 heterocycles. The van der Waals surface area contributed by atoms with Gasteiger partial charge < -0.3 is 10.4 Å². The number of amides is 1. The molecule has 1 fully saturated rings. The number of hydrogen-bond acceptors (Lipinski definition) is 2.